The van der Waals surface area contributed by atoms with Crippen LogP contribution in [0.4, 0.5) is 11.4 Å². The predicted octanol–water partition coefficient (Wildman–Crippen LogP) is 3.81. The van der Waals surface area contributed by atoms with Crippen molar-refractivity contribution in [3.05, 3.63) is 23.8 Å². The summed E-state index contributed by atoms with van der Waals surface area (Å²) in [6, 6.07) is 6.85. The molecule has 2 heteroatoms. The van der Waals surface area contributed by atoms with E-state index in [0.29, 0.717) is 6.04 Å². The molecule has 0 amide bonds. The van der Waals surface area contributed by atoms with Crippen molar-refractivity contribution in [2.45, 2.75) is 46.1 Å². The highest BCUT2D eigenvalue weighted by atomic mass is 14.9. The highest BCUT2D eigenvalue weighted by molar-refractivity contribution is 5.57. The van der Waals surface area contributed by atoms with Crippen molar-refractivity contribution in [3.8, 4) is 0 Å². The average molecular weight is 232 g/mol. The monoisotopic (exact) mass is 232 g/mol. The van der Waals surface area contributed by atoms with Gasteiger partial charge in [-0.05, 0) is 48.9 Å². The topological polar surface area (TPSA) is 38.0 Å². The van der Waals surface area contributed by atoms with E-state index < -0.39 is 0 Å². The van der Waals surface area contributed by atoms with Crippen molar-refractivity contribution in [1.29, 1.82) is 0 Å². The molecule has 1 fully saturated rings. The fraction of sp³-hybridized carbons (Fsp3) is 0.600. The van der Waals surface area contributed by atoms with Gasteiger partial charge in [0.1, 0.15) is 0 Å². The molecule has 1 aromatic carbocycles. The van der Waals surface area contributed by atoms with Crippen LogP contribution in [-0.2, 0) is 0 Å². The zero-order valence-electron chi connectivity index (χ0n) is 11.2. The van der Waals surface area contributed by atoms with Gasteiger partial charge in [-0.25, -0.2) is 0 Å². The largest absolute Gasteiger partial charge is 0.399 e. The number of benzene rings is 1. The van der Waals surface area contributed by atoms with Gasteiger partial charge >= 0.3 is 0 Å². The fourth-order valence-electron chi connectivity index (χ4n) is 2.77. The van der Waals surface area contributed by atoms with Gasteiger partial charge in [0.05, 0.1) is 0 Å². The summed E-state index contributed by atoms with van der Waals surface area (Å²) in [5.74, 6) is 1.58. The van der Waals surface area contributed by atoms with Crippen molar-refractivity contribution in [2.75, 3.05) is 11.1 Å². The molecular weight excluding hydrogens is 208 g/mol. The standard InChI is InChI=1S/C15H24N2/c1-10-5-4-6-15(12(10)3)17-13-7-8-14(16)11(2)9-13/h7-10,12,15,17H,4-6,16H2,1-3H3. The summed E-state index contributed by atoms with van der Waals surface area (Å²) in [6.45, 7) is 6.80. The Morgan fingerprint density at radius 2 is 2.00 bits per heavy atom. The third kappa shape index (κ3) is 2.74. The molecule has 0 aromatic heterocycles. The Labute approximate surface area is 105 Å². The normalized spacial score (nSPS) is 29.0. The summed E-state index contributed by atoms with van der Waals surface area (Å²) in [7, 11) is 0. The van der Waals surface area contributed by atoms with Crippen molar-refractivity contribution < 1.29 is 0 Å². The van der Waals surface area contributed by atoms with E-state index in [9.17, 15) is 0 Å². The van der Waals surface area contributed by atoms with E-state index in [0.717, 1.165) is 23.1 Å². The zero-order valence-corrected chi connectivity index (χ0v) is 11.2. The number of nitrogens with one attached hydrogen (secondary N) is 1. The van der Waals surface area contributed by atoms with Crippen LogP contribution in [0.15, 0.2) is 18.2 Å². The first-order valence-corrected chi connectivity index (χ1v) is 6.70. The van der Waals surface area contributed by atoms with Crippen LogP contribution >= 0.6 is 0 Å². The molecule has 3 unspecified atom stereocenters. The summed E-state index contributed by atoms with van der Waals surface area (Å²) in [4.78, 5) is 0. The lowest BCUT2D eigenvalue weighted by Crippen LogP contribution is -2.35. The van der Waals surface area contributed by atoms with Gasteiger partial charge in [-0.3, -0.25) is 0 Å². The second kappa shape index (κ2) is 4.99. The summed E-state index contributed by atoms with van der Waals surface area (Å²) in [6.07, 6.45) is 4.01. The number of nitrogens with two attached hydrogens (primary N) is 1. The van der Waals surface area contributed by atoms with E-state index in [1.165, 1.54) is 24.9 Å². The van der Waals surface area contributed by atoms with Crippen LogP contribution in [0.25, 0.3) is 0 Å². The second-order valence-corrected chi connectivity index (χ2v) is 5.59. The molecule has 94 valence electrons. The van der Waals surface area contributed by atoms with Gasteiger partial charge in [0.15, 0.2) is 0 Å². The molecule has 0 radical (unpaired) electrons. The molecule has 3 N–H and O–H groups in total. The molecule has 2 nitrogen and oxygen atoms in total. The maximum Gasteiger partial charge on any atom is 0.0346 e. The van der Waals surface area contributed by atoms with Crippen molar-refractivity contribution in [3.63, 3.8) is 0 Å². The minimum atomic E-state index is 0.613. The lowest BCUT2D eigenvalue weighted by Gasteiger charge is -2.35. The van der Waals surface area contributed by atoms with Crippen LogP contribution < -0.4 is 11.1 Å². The highest BCUT2D eigenvalue weighted by Crippen LogP contribution is 2.32. The summed E-state index contributed by atoms with van der Waals surface area (Å²) in [5, 5.41) is 3.67. The van der Waals surface area contributed by atoms with Gasteiger partial charge in [0.2, 0.25) is 0 Å². The third-order valence-corrected chi connectivity index (χ3v) is 4.33. The molecule has 17 heavy (non-hydrogen) atoms. The lowest BCUT2D eigenvalue weighted by molar-refractivity contribution is 0.253. The Bertz CT molecular complexity index is 387. The van der Waals surface area contributed by atoms with E-state index in [-0.39, 0.29) is 0 Å². The fourth-order valence-corrected chi connectivity index (χ4v) is 2.77. The number of nitrogen functional groups attached to an aromatic ring is 1. The molecule has 0 heterocycles. The third-order valence-electron chi connectivity index (χ3n) is 4.33. The van der Waals surface area contributed by atoms with Crippen LogP contribution in [0.5, 0.6) is 0 Å². The van der Waals surface area contributed by atoms with E-state index >= 15 is 0 Å². The number of hydrogen-bond donors (Lipinski definition) is 2. The van der Waals surface area contributed by atoms with Crippen LogP contribution in [0.1, 0.15) is 38.7 Å². The molecule has 0 spiro atoms. The molecule has 1 aliphatic carbocycles. The molecule has 1 saturated carbocycles. The SMILES string of the molecule is Cc1cc(NC2CCCC(C)C2C)ccc1N. The smallest absolute Gasteiger partial charge is 0.0346 e. The van der Waals surface area contributed by atoms with Gasteiger partial charge < -0.3 is 11.1 Å². The number of aryl methyl sites for hydroxylation is 1. The Morgan fingerprint density at radius 3 is 2.71 bits per heavy atom. The minimum Gasteiger partial charge on any atom is -0.399 e. The molecule has 1 aromatic rings. The van der Waals surface area contributed by atoms with Crippen LogP contribution in [0, 0.1) is 18.8 Å². The first-order chi connectivity index (χ1) is 8.08. The van der Waals surface area contributed by atoms with Crippen molar-refractivity contribution in [1.82, 2.24) is 0 Å². The maximum atomic E-state index is 5.84. The Morgan fingerprint density at radius 1 is 1.24 bits per heavy atom. The highest BCUT2D eigenvalue weighted by Gasteiger charge is 2.26. The Balaban J connectivity index is 2.07. The molecule has 0 bridgehead atoms. The zero-order chi connectivity index (χ0) is 12.4. The van der Waals surface area contributed by atoms with Crippen LogP contribution in [0.3, 0.4) is 0 Å². The van der Waals surface area contributed by atoms with Gasteiger partial charge in [0, 0.05) is 17.4 Å². The number of anilines is 2. The van der Waals surface area contributed by atoms with E-state index in [1.807, 2.05) is 6.07 Å². The molecule has 3 atom stereocenters. The molecular formula is C15H24N2. The summed E-state index contributed by atoms with van der Waals surface area (Å²) < 4.78 is 0. The molecule has 0 aliphatic heterocycles. The first-order valence-electron chi connectivity index (χ1n) is 6.70. The van der Waals surface area contributed by atoms with E-state index in [1.54, 1.807) is 0 Å². The maximum absolute atomic E-state index is 5.84. The first kappa shape index (κ1) is 12.3. The predicted molar refractivity (Wildman–Crippen MR) is 75.2 cm³/mol. The van der Waals surface area contributed by atoms with Gasteiger partial charge in [-0.2, -0.15) is 0 Å². The quantitative estimate of drug-likeness (QED) is 0.761. The number of rotatable bonds is 2. The molecule has 2 rings (SSSR count). The van der Waals surface area contributed by atoms with Crippen LogP contribution in [-0.4, -0.2) is 6.04 Å². The van der Waals surface area contributed by atoms with Crippen molar-refractivity contribution in [2.24, 2.45) is 11.8 Å². The van der Waals surface area contributed by atoms with Gasteiger partial charge in [-0.1, -0.05) is 26.7 Å². The Kier molecular flexibility index (Phi) is 3.60. The number of hydrogen-bond acceptors (Lipinski definition) is 2. The summed E-state index contributed by atoms with van der Waals surface area (Å²) >= 11 is 0. The average Bonchev–Trinajstić information content (AvgIpc) is 2.30. The van der Waals surface area contributed by atoms with Crippen LogP contribution in [0.2, 0.25) is 0 Å². The lowest BCUT2D eigenvalue weighted by atomic mass is 9.78. The van der Waals surface area contributed by atoms with Gasteiger partial charge in [-0.15, -0.1) is 0 Å². The van der Waals surface area contributed by atoms with E-state index in [2.05, 4.69) is 38.2 Å². The summed E-state index contributed by atoms with van der Waals surface area (Å²) in [5.41, 5.74) is 9.09. The molecule has 1 aliphatic rings. The van der Waals surface area contributed by atoms with Crippen molar-refractivity contribution >= 4 is 11.4 Å². The van der Waals surface area contributed by atoms with Gasteiger partial charge in [0.25, 0.3) is 0 Å². The minimum absolute atomic E-state index is 0.613. The second-order valence-electron chi connectivity index (χ2n) is 5.59. The Hall–Kier alpha value is -1.18. The van der Waals surface area contributed by atoms with E-state index in [4.69, 9.17) is 5.73 Å². The molecule has 0 saturated heterocycles.